The number of nitrogens with zero attached hydrogens (tertiary/aromatic N) is 1. The molecule has 1 aromatic rings. The predicted molar refractivity (Wildman–Crippen MR) is 86.8 cm³/mol. The van der Waals surface area contributed by atoms with Crippen LogP contribution >= 0.6 is 0 Å². The molecule has 25 heavy (non-hydrogen) atoms. The smallest absolute Gasteiger partial charge is 0.396 e. The zero-order chi connectivity index (χ0) is 18.7. The summed E-state index contributed by atoms with van der Waals surface area (Å²) in [6.07, 6.45) is -3.98. The maximum absolute atomic E-state index is 13.1. The Morgan fingerprint density at radius 3 is 2.64 bits per heavy atom. The van der Waals surface area contributed by atoms with Gasteiger partial charge in [-0.2, -0.15) is 13.2 Å². The molecule has 7 heteroatoms. The molecule has 1 fully saturated rings. The average Bonchev–Trinajstić information content (AvgIpc) is 2.56. The van der Waals surface area contributed by atoms with Gasteiger partial charge in [-0.3, -0.25) is 4.79 Å². The molecule has 2 N–H and O–H groups in total. The van der Waals surface area contributed by atoms with Crippen molar-refractivity contribution in [1.82, 2.24) is 4.90 Å². The third kappa shape index (κ3) is 4.33. The summed E-state index contributed by atoms with van der Waals surface area (Å²) in [7, 11) is 0. The number of hydrogen-bond acceptors (Lipinski definition) is 3. The standard InChI is InChI=1S/C18H24F3NO3/c1-2-8-17(12-23)11-22(9-7-15(17)24)16(25)10-13-5-3-4-6-14(13)18(19,20)21/h3-6,15,23-24H,2,7-12H2,1H3/t15-,17+/m1/s1. The molecule has 2 rings (SSSR count). The number of hydrogen-bond donors (Lipinski definition) is 2. The van der Waals surface area contributed by atoms with Crippen molar-refractivity contribution >= 4 is 5.91 Å². The molecule has 2 atom stereocenters. The first-order chi connectivity index (χ1) is 11.7. The van der Waals surface area contributed by atoms with Gasteiger partial charge in [0.1, 0.15) is 0 Å². The first-order valence-corrected chi connectivity index (χ1v) is 8.45. The highest BCUT2D eigenvalue weighted by atomic mass is 19.4. The lowest BCUT2D eigenvalue weighted by atomic mass is 9.74. The lowest BCUT2D eigenvalue weighted by Gasteiger charge is -2.45. The second-order valence-corrected chi connectivity index (χ2v) is 6.72. The second-order valence-electron chi connectivity index (χ2n) is 6.72. The van der Waals surface area contributed by atoms with Crippen LogP contribution in [0.4, 0.5) is 13.2 Å². The number of halogens is 3. The van der Waals surface area contributed by atoms with Crippen LogP contribution in [-0.2, 0) is 17.4 Å². The van der Waals surface area contributed by atoms with Gasteiger partial charge in [-0.1, -0.05) is 31.5 Å². The third-order valence-corrected chi connectivity index (χ3v) is 4.97. The maximum Gasteiger partial charge on any atom is 0.416 e. The van der Waals surface area contributed by atoms with Gasteiger partial charge in [0.25, 0.3) is 0 Å². The van der Waals surface area contributed by atoms with E-state index in [9.17, 15) is 28.2 Å². The average molecular weight is 359 g/mol. The number of aliphatic hydroxyl groups is 2. The Labute approximate surface area is 145 Å². The molecule has 4 nitrogen and oxygen atoms in total. The number of likely N-dealkylation sites (tertiary alicyclic amines) is 1. The molecule has 0 radical (unpaired) electrons. The lowest BCUT2D eigenvalue weighted by Crippen LogP contribution is -2.55. The second kappa shape index (κ2) is 7.74. The molecule has 0 aliphatic carbocycles. The van der Waals surface area contributed by atoms with Crippen molar-refractivity contribution in [3.8, 4) is 0 Å². The van der Waals surface area contributed by atoms with Gasteiger partial charge in [-0.15, -0.1) is 0 Å². The van der Waals surface area contributed by atoms with Gasteiger partial charge in [0.15, 0.2) is 0 Å². The molecule has 0 unspecified atom stereocenters. The number of rotatable bonds is 5. The van der Waals surface area contributed by atoms with Crippen molar-refractivity contribution < 1.29 is 28.2 Å². The fourth-order valence-corrected chi connectivity index (χ4v) is 3.57. The molecule has 1 saturated heterocycles. The van der Waals surface area contributed by atoms with Crippen molar-refractivity contribution in [1.29, 1.82) is 0 Å². The van der Waals surface area contributed by atoms with E-state index in [4.69, 9.17) is 0 Å². The monoisotopic (exact) mass is 359 g/mol. The van der Waals surface area contributed by atoms with Crippen LogP contribution in [-0.4, -0.2) is 46.8 Å². The molecule has 1 aliphatic heterocycles. The van der Waals surface area contributed by atoms with Gasteiger partial charge in [-0.25, -0.2) is 0 Å². The van der Waals surface area contributed by atoms with E-state index in [-0.39, 0.29) is 31.7 Å². The minimum absolute atomic E-state index is 0.0591. The molecule has 0 bridgehead atoms. The number of alkyl halides is 3. The number of carbonyl (C=O) groups excluding carboxylic acids is 1. The van der Waals surface area contributed by atoms with Crippen molar-refractivity contribution in [2.75, 3.05) is 19.7 Å². The summed E-state index contributed by atoms with van der Waals surface area (Å²) in [6.45, 7) is 2.10. The summed E-state index contributed by atoms with van der Waals surface area (Å²) in [4.78, 5) is 14.0. The summed E-state index contributed by atoms with van der Waals surface area (Å²) in [6, 6.07) is 5.06. The number of piperidine rings is 1. The molecule has 1 aliphatic rings. The minimum Gasteiger partial charge on any atom is -0.396 e. The normalized spacial score (nSPS) is 24.4. The van der Waals surface area contributed by atoms with Gasteiger partial charge in [0.05, 0.1) is 24.7 Å². The molecule has 140 valence electrons. The Kier molecular flexibility index (Phi) is 6.11. The van der Waals surface area contributed by atoms with Crippen LogP contribution in [0.5, 0.6) is 0 Å². The lowest BCUT2D eigenvalue weighted by molar-refractivity contribution is -0.142. The summed E-state index contributed by atoms with van der Waals surface area (Å²) in [5, 5.41) is 20.0. The number of amides is 1. The third-order valence-electron chi connectivity index (χ3n) is 4.97. The molecule has 1 heterocycles. The van der Waals surface area contributed by atoms with Crippen LogP contribution in [0.25, 0.3) is 0 Å². The van der Waals surface area contributed by atoms with E-state index in [1.54, 1.807) is 0 Å². The van der Waals surface area contributed by atoms with Gasteiger partial charge >= 0.3 is 6.18 Å². The van der Waals surface area contributed by atoms with E-state index >= 15 is 0 Å². The van der Waals surface area contributed by atoms with Crippen LogP contribution in [0.2, 0.25) is 0 Å². The fraction of sp³-hybridized carbons (Fsp3) is 0.611. The zero-order valence-corrected chi connectivity index (χ0v) is 14.2. The fourth-order valence-electron chi connectivity index (χ4n) is 3.57. The van der Waals surface area contributed by atoms with Crippen LogP contribution in [0, 0.1) is 5.41 Å². The number of aliphatic hydroxyl groups excluding tert-OH is 2. The van der Waals surface area contributed by atoms with Crippen molar-refractivity contribution in [3.63, 3.8) is 0 Å². The highest BCUT2D eigenvalue weighted by Crippen LogP contribution is 2.36. The molecule has 1 aromatic carbocycles. The van der Waals surface area contributed by atoms with Gasteiger partial charge in [0.2, 0.25) is 5.91 Å². The minimum atomic E-state index is -4.51. The SMILES string of the molecule is CCC[C@@]1(CO)CN(C(=O)Cc2ccccc2C(F)(F)F)CC[C@H]1O. The molecule has 0 aromatic heterocycles. The van der Waals surface area contributed by atoms with E-state index in [1.165, 1.54) is 23.1 Å². The Hall–Kier alpha value is -1.60. The van der Waals surface area contributed by atoms with Gasteiger partial charge in [0, 0.05) is 18.5 Å². The van der Waals surface area contributed by atoms with Crippen molar-refractivity contribution in [3.05, 3.63) is 35.4 Å². The van der Waals surface area contributed by atoms with Gasteiger partial charge in [-0.05, 0) is 24.5 Å². The molecule has 0 saturated carbocycles. The highest BCUT2D eigenvalue weighted by Gasteiger charge is 2.43. The summed E-state index contributed by atoms with van der Waals surface area (Å²) < 4.78 is 39.2. The van der Waals surface area contributed by atoms with Crippen molar-refractivity contribution in [2.45, 2.75) is 44.9 Å². The van der Waals surface area contributed by atoms with Crippen LogP contribution < -0.4 is 0 Å². The first kappa shape index (κ1) is 19.7. The van der Waals surface area contributed by atoms with E-state index in [0.29, 0.717) is 12.8 Å². The molecule has 0 spiro atoms. The predicted octanol–water partition coefficient (Wildman–Crippen LogP) is 2.62. The Morgan fingerprint density at radius 1 is 1.36 bits per heavy atom. The topological polar surface area (TPSA) is 60.8 Å². The zero-order valence-electron chi connectivity index (χ0n) is 14.2. The molecular formula is C18H24F3NO3. The Balaban J connectivity index is 2.17. The Bertz CT molecular complexity index is 605. The van der Waals surface area contributed by atoms with Crippen LogP contribution in [0.1, 0.15) is 37.3 Å². The number of benzene rings is 1. The molecular weight excluding hydrogens is 335 g/mol. The van der Waals surface area contributed by atoms with Crippen LogP contribution in [0.15, 0.2) is 24.3 Å². The number of carbonyl (C=O) groups is 1. The summed E-state index contributed by atoms with van der Waals surface area (Å²) in [5.74, 6) is -0.419. The van der Waals surface area contributed by atoms with Crippen LogP contribution in [0.3, 0.4) is 0 Å². The van der Waals surface area contributed by atoms with E-state index < -0.39 is 29.2 Å². The van der Waals surface area contributed by atoms with Gasteiger partial charge < -0.3 is 15.1 Å². The quantitative estimate of drug-likeness (QED) is 0.850. The summed E-state index contributed by atoms with van der Waals surface area (Å²) in [5.41, 5.74) is -1.66. The highest BCUT2D eigenvalue weighted by molar-refractivity contribution is 5.79. The van der Waals surface area contributed by atoms with Crippen molar-refractivity contribution in [2.24, 2.45) is 5.41 Å². The largest absolute Gasteiger partial charge is 0.416 e. The summed E-state index contributed by atoms with van der Waals surface area (Å²) >= 11 is 0. The van der Waals surface area contributed by atoms with E-state index in [0.717, 1.165) is 12.5 Å². The van der Waals surface area contributed by atoms with E-state index in [1.807, 2.05) is 6.92 Å². The molecule has 1 amide bonds. The first-order valence-electron chi connectivity index (χ1n) is 8.45. The Morgan fingerprint density at radius 2 is 2.04 bits per heavy atom. The maximum atomic E-state index is 13.1. The van der Waals surface area contributed by atoms with E-state index in [2.05, 4.69) is 0 Å².